The molecule has 0 radical (unpaired) electrons. The summed E-state index contributed by atoms with van der Waals surface area (Å²) in [5, 5.41) is 3.72. The summed E-state index contributed by atoms with van der Waals surface area (Å²) >= 11 is 17.9. The van der Waals surface area contributed by atoms with E-state index in [1.165, 1.54) is 0 Å². The van der Waals surface area contributed by atoms with E-state index in [2.05, 4.69) is 5.32 Å². The van der Waals surface area contributed by atoms with Crippen LogP contribution in [0.3, 0.4) is 0 Å². The van der Waals surface area contributed by atoms with E-state index in [1.807, 2.05) is 0 Å². The average Bonchev–Trinajstić information content (AvgIpc) is 2.22. The zero-order valence-corrected chi connectivity index (χ0v) is 13.7. The number of hydrogen-bond donors (Lipinski definition) is 2. The molecule has 0 aliphatic heterocycles. The Morgan fingerprint density at radius 1 is 1.30 bits per heavy atom. The summed E-state index contributed by atoms with van der Waals surface area (Å²) in [6, 6.07) is 2.55. The van der Waals surface area contributed by atoms with Crippen LogP contribution in [0.15, 0.2) is 12.1 Å². The van der Waals surface area contributed by atoms with Gasteiger partial charge in [0.2, 0.25) is 0 Å². The van der Waals surface area contributed by atoms with Gasteiger partial charge in [0.15, 0.2) is 0 Å². The Balaban J connectivity index is 2.69. The second-order valence-electron chi connectivity index (χ2n) is 5.27. The standard InChI is InChI=1S/C13H17Cl3N2O2/c1-13(2,3)20-12(19)18-6-10(17)11-8(15)4-7(14)5-9(11)16/h4-5,10H,6,17H2,1-3H3,(H,18,19). The topological polar surface area (TPSA) is 64.3 Å². The van der Waals surface area contributed by atoms with Gasteiger partial charge in [-0.2, -0.15) is 0 Å². The Kier molecular flexibility index (Phi) is 5.95. The van der Waals surface area contributed by atoms with Crippen molar-refractivity contribution in [2.24, 2.45) is 5.73 Å². The third-order valence-electron chi connectivity index (χ3n) is 2.28. The highest BCUT2D eigenvalue weighted by atomic mass is 35.5. The SMILES string of the molecule is CC(C)(C)OC(=O)NCC(N)c1c(Cl)cc(Cl)cc1Cl. The first-order chi connectivity index (χ1) is 9.10. The van der Waals surface area contributed by atoms with Gasteiger partial charge in [0, 0.05) is 27.2 Å². The summed E-state index contributed by atoms with van der Waals surface area (Å²) in [5.41, 5.74) is 5.95. The lowest BCUT2D eigenvalue weighted by atomic mass is 10.1. The molecular weight excluding hydrogens is 323 g/mol. The van der Waals surface area contributed by atoms with Crippen LogP contribution in [-0.4, -0.2) is 18.2 Å². The second-order valence-corrected chi connectivity index (χ2v) is 6.52. The smallest absolute Gasteiger partial charge is 0.407 e. The fraction of sp³-hybridized carbons (Fsp3) is 0.462. The molecule has 0 saturated heterocycles. The molecule has 0 fully saturated rings. The predicted molar refractivity (Wildman–Crippen MR) is 82.6 cm³/mol. The van der Waals surface area contributed by atoms with E-state index in [4.69, 9.17) is 45.3 Å². The van der Waals surface area contributed by atoms with Crippen LogP contribution in [0, 0.1) is 0 Å². The largest absolute Gasteiger partial charge is 0.444 e. The van der Waals surface area contributed by atoms with Crippen molar-refractivity contribution in [2.75, 3.05) is 6.54 Å². The Morgan fingerprint density at radius 2 is 1.80 bits per heavy atom. The van der Waals surface area contributed by atoms with Crippen molar-refractivity contribution >= 4 is 40.9 Å². The molecule has 1 aromatic carbocycles. The Hall–Kier alpha value is -0.680. The highest BCUT2D eigenvalue weighted by molar-refractivity contribution is 6.39. The molecular formula is C13H17Cl3N2O2. The van der Waals surface area contributed by atoms with E-state index in [0.29, 0.717) is 20.6 Å². The molecule has 1 aromatic rings. The molecule has 1 rings (SSSR count). The maximum absolute atomic E-state index is 11.5. The third-order valence-corrected chi connectivity index (χ3v) is 3.12. The van der Waals surface area contributed by atoms with E-state index in [0.717, 1.165) is 0 Å². The zero-order chi connectivity index (χ0) is 15.5. The van der Waals surface area contributed by atoms with Gasteiger partial charge in [0.25, 0.3) is 0 Å². The van der Waals surface area contributed by atoms with Crippen LogP contribution in [0.4, 0.5) is 4.79 Å². The number of ether oxygens (including phenoxy) is 1. The molecule has 0 bridgehead atoms. The Morgan fingerprint density at radius 3 is 2.25 bits per heavy atom. The minimum atomic E-state index is -0.566. The highest BCUT2D eigenvalue weighted by Gasteiger charge is 2.19. The molecule has 4 nitrogen and oxygen atoms in total. The molecule has 3 N–H and O–H groups in total. The minimum absolute atomic E-state index is 0.149. The van der Waals surface area contributed by atoms with E-state index < -0.39 is 17.7 Å². The minimum Gasteiger partial charge on any atom is -0.444 e. The van der Waals surface area contributed by atoms with Crippen LogP contribution in [0.5, 0.6) is 0 Å². The molecule has 0 aliphatic carbocycles. The van der Waals surface area contributed by atoms with E-state index >= 15 is 0 Å². The Bertz CT molecular complexity index is 478. The fourth-order valence-electron chi connectivity index (χ4n) is 1.52. The molecule has 20 heavy (non-hydrogen) atoms. The van der Waals surface area contributed by atoms with E-state index in [-0.39, 0.29) is 6.54 Å². The van der Waals surface area contributed by atoms with Gasteiger partial charge in [-0.25, -0.2) is 4.79 Å². The third kappa shape index (κ3) is 5.37. The van der Waals surface area contributed by atoms with Crippen molar-refractivity contribution in [3.05, 3.63) is 32.8 Å². The first kappa shape index (κ1) is 17.4. The number of halogens is 3. The van der Waals surface area contributed by atoms with Gasteiger partial charge >= 0.3 is 6.09 Å². The van der Waals surface area contributed by atoms with Crippen molar-refractivity contribution < 1.29 is 9.53 Å². The summed E-state index contributed by atoms with van der Waals surface area (Å²) in [6.45, 7) is 5.48. The molecule has 0 heterocycles. The van der Waals surface area contributed by atoms with Gasteiger partial charge < -0.3 is 15.8 Å². The number of benzene rings is 1. The summed E-state index contributed by atoms with van der Waals surface area (Å²) in [5.74, 6) is 0. The van der Waals surface area contributed by atoms with Crippen molar-refractivity contribution in [2.45, 2.75) is 32.4 Å². The van der Waals surface area contributed by atoms with Crippen molar-refractivity contribution in [3.63, 3.8) is 0 Å². The Labute approximate surface area is 133 Å². The normalized spacial score (nSPS) is 12.9. The molecule has 1 amide bonds. The van der Waals surface area contributed by atoms with Crippen LogP contribution < -0.4 is 11.1 Å². The van der Waals surface area contributed by atoms with E-state index in [9.17, 15) is 4.79 Å². The summed E-state index contributed by atoms with van der Waals surface area (Å²) in [7, 11) is 0. The van der Waals surface area contributed by atoms with Gasteiger partial charge in [-0.05, 0) is 32.9 Å². The average molecular weight is 340 g/mol. The van der Waals surface area contributed by atoms with Gasteiger partial charge in [0.05, 0.1) is 6.04 Å². The number of rotatable bonds is 3. The van der Waals surface area contributed by atoms with Gasteiger partial charge in [0.1, 0.15) is 5.60 Å². The van der Waals surface area contributed by atoms with Crippen LogP contribution in [0.25, 0.3) is 0 Å². The molecule has 0 aliphatic rings. The molecule has 7 heteroatoms. The van der Waals surface area contributed by atoms with Gasteiger partial charge in [-0.15, -0.1) is 0 Å². The fourth-order valence-corrected chi connectivity index (χ4v) is 2.61. The molecule has 1 atom stereocenters. The van der Waals surface area contributed by atoms with Crippen LogP contribution in [-0.2, 0) is 4.74 Å². The molecule has 0 spiro atoms. The number of nitrogens with two attached hydrogens (primary N) is 1. The first-order valence-corrected chi connectivity index (χ1v) is 7.10. The van der Waals surface area contributed by atoms with Crippen molar-refractivity contribution in [3.8, 4) is 0 Å². The molecule has 112 valence electrons. The lowest BCUT2D eigenvalue weighted by Crippen LogP contribution is -2.36. The quantitative estimate of drug-likeness (QED) is 0.868. The molecule has 0 saturated carbocycles. The number of nitrogens with one attached hydrogen (secondary N) is 1. The van der Waals surface area contributed by atoms with Crippen LogP contribution in [0.1, 0.15) is 32.4 Å². The highest BCUT2D eigenvalue weighted by Crippen LogP contribution is 2.32. The maximum atomic E-state index is 11.5. The number of amides is 1. The summed E-state index contributed by atoms with van der Waals surface area (Å²) < 4.78 is 5.11. The lowest BCUT2D eigenvalue weighted by molar-refractivity contribution is 0.0524. The number of carbonyl (C=O) groups is 1. The zero-order valence-electron chi connectivity index (χ0n) is 11.5. The van der Waals surface area contributed by atoms with Crippen molar-refractivity contribution in [1.29, 1.82) is 0 Å². The molecule has 0 aromatic heterocycles. The first-order valence-electron chi connectivity index (χ1n) is 5.97. The maximum Gasteiger partial charge on any atom is 0.407 e. The predicted octanol–water partition coefficient (Wildman–Crippen LogP) is 4.17. The monoisotopic (exact) mass is 338 g/mol. The molecule has 1 unspecified atom stereocenters. The van der Waals surface area contributed by atoms with E-state index in [1.54, 1.807) is 32.9 Å². The number of hydrogen-bond acceptors (Lipinski definition) is 3. The summed E-state index contributed by atoms with van der Waals surface area (Å²) in [4.78, 5) is 11.5. The van der Waals surface area contributed by atoms with Crippen LogP contribution in [0.2, 0.25) is 15.1 Å². The number of carbonyl (C=O) groups excluding carboxylic acids is 1. The van der Waals surface area contributed by atoms with Crippen LogP contribution >= 0.6 is 34.8 Å². The number of alkyl carbamates (subject to hydrolysis) is 1. The van der Waals surface area contributed by atoms with Gasteiger partial charge in [-0.3, -0.25) is 0 Å². The lowest BCUT2D eigenvalue weighted by Gasteiger charge is -2.21. The second kappa shape index (κ2) is 6.85. The summed E-state index contributed by atoms with van der Waals surface area (Å²) in [6.07, 6.45) is -0.547. The van der Waals surface area contributed by atoms with Gasteiger partial charge in [-0.1, -0.05) is 34.8 Å². The van der Waals surface area contributed by atoms with Crippen molar-refractivity contribution in [1.82, 2.24) is 5.32 Å².